The number of ether oxygens (including phenoxy) is 2. The summed E-state index contributed by atoms with van der Waals surface area (Å²) in [7, 11) is 0. The number of allylic oxidation sites excluding steroid dienone is 1. The van der Waals surface area contributed by atoms with Crippen molar-refractivity contribution in [2.45, 2.75) is 101 Å². The van der Waals surface area contributed by atoms with Gasteiger partial charge in [0.2, 0.25) is 5.91 Å². The predicted octanol–water partition coefficient (Wildman–Crippen LogP) is 13.6. The zero-order valence-electron chi connectivity index (χ0n) is 38.8. The summed E-state index contributed by atoms with van der Waals surface area (Å²) in [5.74, 6) is -0.0933. The van der Waals surface area contributed by atoms with Crippen molar-refractivity contribution in [1.29, 1.82) is 0 Å². The second kappa shape index (κ2) is 21.7. The lowest BCUT2D eigenvalue weighted by molar-refractivity contribution is -0.153. The van der Waals surface area contributed by atoms with Crippen molar-refractivity contribution in [3.05, 3.63) is 208 Å². The SMILES string of the molecule is C=C(CCC(=O)OC(c1ccccc1)(c1ccc(C2CCCCCC2)cc1)c1ccccc1Cl)c1cccc(C[C@H](NC(=O)OCC2c3ccccc3-c3ccccc32)C(=O)N2CCCCC2)c1. The third-order valence-corrected chi connectivity index (χ3v) is 14.7. The monoisotopic (exact) mass is 924 g/mol. The van der Waals surface area contributed by atoms with Crippen molar-refractivity contribution < 1.29 is 23.9 Å². The van der Waals surface area contributed by atoms with E-state index in [0.717, 1.165) is 69.3 Å². The maximum absolute atomic E-state index is 14.4. The van der Waals surface area contributed by atoms with E-state index in [2.05, 4.69) is 60.4 Å². The molecule has 2 aliphatic carbocycles. The van der Waals surface area contributed by atoms with E-state index < -0.39 is 23.7 Å². The fraction of sp³-hybridized carbons (Fsp3) is 0.317. The van der Waals surface area contributed by atoms with Gasteiger partial charge >= 0.3 is 12.1 Å². The van der Waals surface area contributed by atoms with Gasteiger partial charge in [-0.15, -0.1) is 0 Å². The standard InChI is InChI=1S/C60H61ClN2O5/c1-42(31-36-57(64)68-60(47-23-8-4-9-24-47,54-29-14-15-30-55(54)61)48-34-32-45(33-35-48)44-20-6-2-3-7-21-44)46-22-18-19-43(39-46)40-56(58(65)63-37-16-5-17-38-63)62-59(66)67-41-53-51-27-12-10-25-49(51)50-26-11-13-28-52(50)53/h4,8-15,18-19,22-30,32-35,39,44,53,56H,1-3,5-7,16-17,20-21,31,36-38,40-41H2,(H,62,66)/t56-,60?/m0/s1. The number of nitrogens with zero attached hydrogens (tertiary/aromatic N) is 1. The molecular formula is C60H61ClN2O5. The zero-order valence-corrected chi connectivity index (χ0v) is 39.6. The molecule has 0 radical (unpaired) electrons. The minimum atomic E-state index is -1.31. The first-order chi connectivity index (χ1) is 33.3. The van der Waals surface area contributed by atoms with E-state index in [1.54, 1.807) is 0 Å². The average molecular weight is 926 g/mol. The van der Waals surface area contributed by atoms with Gasteiger partial charge < -0.3 is 19.7 Å². The average Bonchev–Trinajstić information content (AvgIpc) is 3.48. The first-order valence-corrected chi connectivity index (χ1v) is 25.0. The Morgan fingerprint density at radius 3 is 1.99 bits per heavy atom. The number of esters is 1. The number of benzene rings is 6. The van der Waals surface area contributed by atoms with Gasteiger partial charge in [-0.05, 0) is 95.0 Å². The van der Waals surface area contributed by atoms with Gasteiger partial charge in [0.15, 0.2) is 5.60 Å². The van der Waals surface area contributed by atoms with Gasteiger partial charge in [0.25, 0.3) is 0 Å². The van der Waals surface area contributed by atoms with Crippen molar-refractivity contribution in [3.63, 3.8) is 0 Å². The van der Waals surface area contributed by atoms with Crippen LogP contribution in [0.5, 0.6) is 0 Å². The van der Waals surface area contributed by atoms with Gasteiger partial charge in [-0.1, -0.05) is 189 Å². The quantitative estimate of drug-likeness (QED) is 0.0630. The number of halogens is 1. The normalized spacial score (nSPS) is 16.3. The molecule has 7 nitrogen and oxygen atoms in total. The Morgan fingerprint density at radius 1 is 0.676 bits per heavy atom. The third-order valence-electron chi connectivity index (χ3n) is 14.4. The van der Waals surface area contributed by atoms with E-state index in [4.69, 9.17) is 21.1 Å². The molecule has 6 aromatic carbocycles. The number of nitrogens with one attached hydrogen (secondary N) is 1. The van der Waals surface area contributed by atoms with Gasteiger partial charge in [0, 0.05) is 53.6 Å². The number of hydrogen-bond acceptors (Lipinski definition) is 5. The molecular weight excluding hydrogens is 864 g/mol. The smallest absolute Gasteiger partial charge is 0.407 e. The molecule has 1 heterocycles. The van der Waals surface area contributed by atoms with Crippen LogP contribution in [0.4, 0.5) is 4.79 Å². The molecule has 68 heavy (non-hydrogen) atoms. The highest BCUT2D eigenvalue weighted by molar-refractivity contribution is 6.31. The fourth-order valence-corrected chi connectivity index (χ4v) is 11.0. The summed E-state index contributed by atoms with van der Waals surface area (Å²) in [4.78, 5) is 44.0. The van der Waals surface area contributed by atoms with Crippen LogP contribution in [-0.2, 0) is 31.1 Å². The van der Waals surface area contributed by atoms with Crippen LogP contribution in [0.1, 0.15) is 127 Å². The van der Waals surface area contributed by atoms with E-state index in [1.807, 2.05) is 108 Å². The number of alkyl carbamates (subject to hydrolysis) is 1. The fourth-order valence-electron chi connectivity index (χ4n) is 10.8. The largest absolute Gasteiger partial charge is 0.449 e. The molecule has 0 aromatic heterocycles. The summed E-state index contributed by atoms with van der Waals surface area (Å²) in [6.45, 7) is 5.88. The third kappa shape index (κ3) is 10.3. The number of rotatable bonds is 15. The molecule has 2 atom stereocenters. The molecule has 2 fully saturated rings. The molecule has 348 valence electrons. The second-order valence-corrected chi connectivity index (χ2v) is 19.1. The molecule has 1 N–H and O–H groups in total. The van der Waals surface area contributed by atoms with Crippen LogP contribution >= 0.6 is 11.6 Å². The molecule has 0 spiro atoms. The van der Waals surface area contributed by atoms with Crippen LogP contribution in [0.3, 0.4) is 0 Å². The number of fused-ring (bicyclic) bond motifs is 3. The van der Waals surface area contributed by atoms with Crippen LogP contribution in [0, 0.1) is 0 Å². The Labute approximate surface area is 406 Å². The minimum absolute atomic E-state index is 0.0711. The van der Waals surface area contributed by atoms with Crippen LogP contribution in [0.25, 0.3) is 16.7 Å². The molecule has 9 rings (SSSR count). The maximum Gasteiger partial charge on any atom is 0.407 e. The van der Waals surface area contributed by atoms with E-state index in [-0.39, 0.29) is 31.3 Å². The van der Waals surface area contributed by atoms with Gasteiger partial charge in [-0.3, -0.25) is 9.59 Å². The first-order valence-electron chi connectivity index (χ1n) is 24.6. The van der Waals surface area contributed by atoms with Gasteiger partial charge in [0.05, 0.1) is 0 Å². The maximum atomic E-state index is 14.4. The van der Waals surface area contributed by atoms with Crippen molar-refractivity contribution in [1.82, 2.24) is 10.2 Å². The number of amides is 2. The Kier molecular flexibility index (Phi) is 14.9. The second-order valence-electron chi connectivity index (χ2n) is 18.7. The van der Waals surface area contributed by atoms with E-state index in [9.17, 15) is 14.4 Å². The van der Waals surface area contributed by atoms with Crippen molar-refractivity contribution in [3.8, 4) is 11.1 Å². The van der Waals surface area contributed by atoms with Crippen LogP contribution in [-0.4, -0.2) is 48.6 Å². The number of carbonyl (C=O) groups excluding carboxylic acids is 3. The molecule has 6 aromatic rings. The van der Waals surface area contributed by atoms with Crippen LogP contribution < -0.4 is 5.32 Å². The molecule has 1 unspecified atom stereocenters. The summed E-state index contributed by atoms with van der Waals surface area (Å²) in [5.41, 5.74) is 9.32. The van der Waals surface area contributed by atoms with Gasteiger partial charge in [0.1, 0.15) is 12.6 Å². The topological polar surface area (TPSA) is 84.9 Å². The summed E-state index contributed by atoms with van der Waals surface area (Å²) in [6, 6.07) is 49.6. The van der Waals surface area contributed by atoms with Gasteiger partial charge in [-0.25, -0.2) is 4.79 Å². The highest BCUT2D eigenvalue weighted by Crippen LogP contribution is 2.46. The highest BCUT2D eigenvalue weighted by Gasteiger charge is 2.42. The Morgan fingerprint density at radius 2 is 1.29 bits per heavy atom. The summed E-state index contributed by atoms with van der Waals surface area (Å²) in [6.07, 6.45) is 10.4. The van der Waals surface area contributed by atoms with Crippen LogP contribution in [0.2, 0.25) is 5.02 Å². The first kappa shape index (κ1) is 46.7. The lowest BCUT2D eigenvalue weighted by atomic mass is 9.79. The van der Waals surface area contributed by atoms with Crippen molar-refractivity contribution in [2.24, 2.45) is 0 Å². The molecule has 8 heteroatoms. The summed E-state index contributed by atoms with van der Waals surface area (Å²) in [5, 5.41) is 3.47. The lowest BCUT2D eigenvalue weighted by Gasteiger charge is -2.36. The molecule has 1 saturated carbocycles. The molecule has 1 saturated heterocycles. The number of piperidine rings is 1. The highest BCUT2D eigenvalue weighted by atomic mass is 35.5. The molecule has 2 amide bonds. The van der Waals surface area contributed by atoms with Gasteiger partial charge in [-0.2, -0.15) is 0 Å². The Hall–Kier alpha value is -6.44. The minimum Gasteiger partial charge on any atom is -0.449 e. The van der Waals surface area contributed by atoms with E-state index in [0.29, 0.717) is 36.0 Å². The molecule has 0 bridgehead atoms. The molecule has 3 aliphatic rings. The Bertz CT molecular complexity index is 2680. The summed E-state index contributed by atoms with van der Waals surface area (Å²) >= 11 is 7.03. The van der Waals surface area contributed by atoms with E-state index in [1.165, 1.54) is 44.1 Å². The lowest BCUT2D eigenvalue weighted by Crippen LogP contribution is -2.51. The Balaban J connectivity index is 0.906. The van der Waals surface area contributed by atoms with Crippen LogP contribution in [0.15, 0.2) is 158 Å². The molecule has 1 aliphatic heterocycles. The number of likely N-dealkylation sites (tertiary alicyclic amines) is 1. The van der Waals surface area contributed by atoms with Crippen molar-refractivity contribution in [2.75, 3.05) is 19.7 Å². The van der Waals surface area contributed by atoms with Crippen molar-refractivity contribution >= 4 is 35.1 Å². The van der Waals surface area contributed by atoms with E-state index >= 15 is 0 Å². The zero-order chi connectivity index (χ0) is 46.9. The number of carbonyl (C=O) groups is 3. The summed E-state index contributed by atoms with van der Waals surface area (Å²) < 4.78 is 12.7. The number of hydrogen-bond donors (Lipinski definition) is 1. The predicted molar refractivity (Wildman–Crippen MR) is 272 cm³/mol.